The van der Waals surface area contributed by atoms with E-state index in [4.69, 9.17) is 34.2 Å². The van der Waals surface area contributed by atoms with Crippen molar-refractivity contribution in [2.45, 2.75) is 90.9 Å². The van der Waals surface area contributed by atoms with E-state index in [0.29, 0.717) is 24.0 Å². The molecule has 2 rings (SSSR count). The maximum Gasteiger partial charge on any atom is 0.513 e. The second-order valence-electron chi connectivity index (χ2n) is 10.0. The van der Waals surface area contributed by atoms with Gasteiger partial charge in [-0.2, -0.15) is 0 Å². The molecule has 0 radical (unpaired) electrons. The number of carbonyl (C=O) groups excluding carboxylic acids is 4. The van der Waals surface area contributed by atoms with Crippen LogP contribution in [0.2, 0.25) is 0 Å². The second-order valence-corrected chi connectivity index (χ2v) is 10.0. The van der Waals surface area contributed by atoms with E-state index in [1.807, 2.05) is 13.8 Å². The van der Waals surface area contributed by atoms with Crippen molar-refractivity contribution in [2.24, 2.45) is 5.73 Å². The summed E-state index contributed by atoms with van der Waals surface area (Å²) in [6, 6.07) is 11.8. The van der Waals surface area contributed by atoms with E-state index in [2.05, 4.69) is 0 Å². The van der Waals surface area contributed by atoms with Crippen LogP contribution in [-0.4, -0.2) is 55.7 Å². The summed E-state index contributed by atoms with van der Waals surface area (Å²) in [6.07, 6.45) is 1.68. The predicted octanol–water partition coefficient (Wildman–Crippen LogP) is 6.14. The van der Waals surface area contributed by atoms with Crippen molar-refractivity contribution in [3.05, 3.63) is 59.7 Å². The van der Waals surface area contributed by atoms with Gasteiger partial charge in [-0.3, -0.25) is 4.79 Å². The third kappa shape index (κ3) is 13.2. The van der Waals surface area contributed by atoms with Gasteiger partial charge in [-0.25, -0.2) is 14.4 Å². The molecule has 0 aromatic heterocycles. The summed E-state index contributed by atoms with van der Waals surface area (Å²) >= 11 is 0. The molecule has 11 nitrogen and oxygen atoms in total. The Labute approximate surface area is 252 Å². The first-order chi connectivity index (χ1) is 20.6. The number of ether oxygens (including phenoxy) is 6. The molecule has 3 atom stereocenters. The van der Waals surface area contributed by atoms with Gasteiger partial charge in [0.2, 0.25) is 0 Å². The van der Waals surface area contributed by atoms with Gasteiger partial charge in [-0.15, -0.1) is 0 Å². The van der Waals surface area contributed by atoms with Gasteiger partial charge in [0.05, 0.1) is 18.8 Å². The van der Waals surface area contributed by atoms with E-state index in [1.165, 1.54) is 12.1 Å². The van der Waals surface area contributed by atoms with Gasteiger partial charge in [0, 0.05) is 0 Å². The SMILES string of the molecule is CCCCCOC(=O)Oc1ccc(C[C@H](N)C(=O)O[C@@H](C)[C@H](C)OC(=O)c2ccccc2)cc1OC(=O)OCCCCC. The molecule has 0 spiro atoms. The quantitative estimate of drug-likeness (QED) is 0.0963. The van der Waals surface area contributed by atoms with Gasteiger partial charge in [0.25, 0.3) is 0 Å². The molecule has 0 saturated heterocycles. The Bertz CT molecular complexity index is 1170. The molecule has 0 saturated carbocycles. The number of hydrogen-bond acceptors (Lipinski definition) is 11. The first-order valence-electron chi connectivity index (χ1n) is 14.7. The lowest BCUT2D eigenvalue weighted by molar-refractivity contribution is -0.154. The minimum absolute atomic E-state index is 0.00733. The number of nitrogens with two attached hydrogens (primary N) is 1. The number of carbonyl (C=O) groups is 4. The summed E-state index contributed by atoms with van der Waals surface area (Å²) in [5.41, 5.74) is 6.99. The molecule has 0 aliphatic heterocycles. The Morgan fingerprint density at radius 2 is 1.28 bits per heavy atom. The highest BCUT2D eigenvalue weighted by molar-refractivity contribution is 5.89. The Hall–Kier alpha value is -4.12. The molecule has 43 heavy (non-hydrogen) atoms. The number of benzene rings is 2. The number of hydrogen-bond donors (Lipinski definition) is 1. The monoisotopic (exact) mass is 601 g/mol. The first-order valence-corrected chi connectivity index (χ1v) is 14.7. The van der Waals surface area contributed by atoms with Crippen LogP contribution in [-0.2, 0) is 30.2 Å². The third-order valence-corrected chi connectivity index (χ3v) is 6.35. The average Bonchev–Trinajstić information content (AvgIpc) is 2.99. The number of unbranched alkanes of at least 4 members (excludes halogenated alkanes) is 4. The van der Waals surface area contributed by atoms with Crippen molar-refractivity contribution in [3.63, 3.8) is 0 Å². The Balaban J connectivity index is 2.03. The topological polar surface area (TPSA) is 150 Å². The molecular weight excluding hydrogens is 558 g/mol. The van der Waals surface area contributed by atoms with Gasteiger partial charge in [0.15, 0.2) is 11.5 Å². The largest absolute Gasteiger partial charge is 0.513 e. The van der Waals surface area contributed by atoms with Crippen molar-refractivity contribution in [3.8, 4) is 11.5 Å². The maximum absolute atomic E-state index is 12.7. The summed E-state index contributed by atoms with van der Waals surface area (Å²) in [7, 11) is 0. The van der Waals surface area contributed by atoms with Crippen LogP contribution in [0.25, 0.3) is 0 Å². The summed E-state index contributed by atoms with van der Waals surface area (Å²) < 4.78 is 31.6. The summed E-state index contributed by atoms with van der Waals surface area (Å²) in [5.74, 6) is -1.42. The molecule has 11 heteroatoms. The van der Waals surface area contributed by atoms with Gasteiger partial charge >= 0.3 is 24.2 Å². The van der Waals surface area contributed by atoms with E-state index in [1.54, 1.807) is 50.2 Å². The van der Waals surface area contributed by atoms with E-state index in [0.717, 1.165) is 25.7 Å². The fourth-order valence-corrected chi connectivity index (χ4v) is 3.71. The summed E-state index contributed by atoms with van der Waals surface area (Å²) in [6.45, 7) is 7.64. The lowest BCUT2D eigenvalue weighted by Crippen LogP contribution is -2.39. The molecule has 0 unspecified atom stereocenters. The average molecular weight is 602 g/mol. The molecular formula is C32H43NO10. The van der Waals surface area contributed by atoms with Crippen molar-refractivity contribution >= 4 is 24.2 Å². The van der Waals surface area contributed by atoms with Crippen LogP contribution in [0.3, 0.4) is 0 Å². The third-order valence-electron chi connectivity index (χ3n) is 6.35. The molecule has 236 valence electrons. The van der Waals surface area contributed by atoms with Crippen LogP contribution in [0.5, 0.6) is 11.5 Å². The van der Waals surface area contributed by atoms with Crippen LogP contribution in [0.4, 0.5) is 9.59 Å². The molecule has 0 aliphatic carbocycles. The first kappa shape index (κ1) is 35.1. The molecule has 2 aromatic carbocycles. The number of rotatable bonds is 17. The Morgan fingerprint density at radius 3 is 1.86 bits per heavy atom. The Kier molecular flexibility index (Phi) is 15.6. The highest BCUT2D eigenvalue weighted by Gasteiger charge is 2.25. The van der Waals surface area contributed by atoms with Gasteiger partial charge in [0.1, 0.15) is 18.2 Å². The van der Waals surface area contributed by atoms with E-state index in [-0.39, 0.29) is 31.1 Å². The van der Waals surface area contributed by atoms with E-state index in [9.17, 15) is 19.2 Å². The summed E-state index contributed by atoms with van der Waals surface area (Å²) in [4.78, 5) is 49.5. The van der Waals surface area contributed by atoms with Gasteiger partial charge < -0.3 is 34.2 Å². The second kappa shape index (κ2) is 19.1. The molecule has 0 fully saturated rings. The fraction of sp³-hybridized carbons (Fsp3) is 0.500. The predicted molar refractivity (Wildman–Crippen MR) is 158 cm³/mol. The van der Waals surface area contributed by atoms with Crippen molar-refractivity contribution < 1.29 is 47.6 Å². The smallest absolute Gasteiger partial charge is 0.458 e. The van der Waals surface area contributed by atoms with Crippen LogP contribution in [0.1, 0.15) is 82.1 Å². The van der Waals surface area contributed by atoms with Crippen LogP contribution < -0.4 is 15.2 Å². The lowest BCUT2D eigenvalue weighted by Gasteiger charge is -2.22. The zero-order valence-electron chi connectivity index (χ0n) is 25.4. The zero-order chi connectivity index (χ0) is 31.6. The molecule has 0 bridgehead atoms. The van der Waals surface area contributed by atoms with E-state index >= 15 is 0 Å². The van der Waals surface area contributed by atoms with Crippen LogP contribution in [0, 0.1) is 0 Å². The van der Waals surface area contributed by atoms with E-state index < -0.39 is 42.5 Å². The Morgan fingerprint density at radius 1 is 0.721 bits per heavy atom. The molecule has 0 aliphatic rings. The summed E-state index contributed by atoms with van der Waals surface area (Å²) in [5, 5.41) is 0. The molecule has 0 heterocycles. The van der Waals surface area contributed by atoms with Crippen molar-refractivity contribution in [2.75, 3.05) is 13.2 Å². The standard InChI is InChI=1S/C32H43NO10/c1-5-7-12-18-38-31(36)42-27-17-16-24(21-28(27)43-32(37)39-19-13-8-6-2)20-26(33)30(35)41-23(4)22(3)40-29(34)25-14-10-9-11-15-25/h9-11,14-17,21-23,26H,5-8,12-13,18-20,33H2,1-4H3/t22-,23-,26-/m0/s1. The van der Waals surface area contributed by atoms with Gasteiger partial charge in [-0.05, 0) is 62.9 Å². The maximum atomic E-state index is 12.7. The normalized spacial score (nSPS) is 12.8. The van der Waals surface area contributed by atoms with Crippen LogP contribution >= 0.6 is 0 Å². The highest BCUT2D eigenvalue weighted by Crippen LogP contribution is 2.30. The van der Waals surface area contributed by atoms with Crippen molar-refractivity contribution in [1.29, 1.82) is 0 Å². The highest BCUT2D eigenvalue weighted by atomic mass is 16.7. The fourth-order valence-electron chi connectivity index (χ4n) is 3.71. The molecule has 0 amide bonds. The lowest BCUT2D eigenvalue weighted by atomic mass is 10.1. The number of esters is 2. The molecule has 2 aromatic rings. The minimum Gasteiger partial charge on any atom is -0.458 e. The zero-order valence-corrected chi connectivity index (χ0v) is 25.4. The molecule has 2 N–H and O–H groups in total. The van der Waals surface area contributed by atoms with Crippen molar-refractivity contribution in [1.82, 2.24) is 0 Å². The van der Waals surface area contributed by atoms with Gasteiger partial charge in [-0.1, -0.05) is 63.8 Å². The van der Waals surface area contributed by atoms with Crippen LogP contribution in [0.15, 0.2) is 48.5 Å². The minimum atomic E-state index is -1.09.